The highest BCUT2D eigenvalue weighted by molar-refractivity contribution is 5.91. The third kappa shape index (κ3) is 5.42. The zero-order valence-electron chi connectivity index (χ0n) is 16.4. The van der Waals surface area contributed by atoms with Gasteiger partial charge in [-0.1, -0.05) is 17.3 Å². The molecule has 1 aliphatic heterocycles. The van der Waals surface area contributed by atoms with Crippen LogP contribution in [0.15, 0.2) is 34.9 Å². The van der Waals surface area contributed by atoms with Gasteiger partial charge in [-0.2, -0.15) is 0 Å². The normalized spacial score (nSPS) is 19.2. The quantitative estimate of drug-likeness (QED) is 0.678. The number of nitrogens with one attached hydrogen (secondary N) is 2. The molecule has 0 bridgehead atoms. The Bertz CT molecular complexity index is 800. The van der Waals surface area contributed by atoms with E-state index < -0.39 is 0 Å². The Hall–Kier alpha value is -2.67. The molecule has 3 rings (SSSR count). The van der Waals surface area contributed by atoms with Crippen molar-refractivity contribution in [2.24, 2.45) is 11.8 Å². The highest BCUT2D eigenvalue weighted by atomic mass is 16.5. The van der Waals surface area contributed by atoms with Gasteiger partial charge in [-0.15, -0.1) is 0 Å². The van der Waals surface area contributed by atoms with Crippen LogP contribution in [-0.2, 0) is 17.8 Å². The van der Waals surface area contributed by atoms with Crippen molar-refractivity contribution in [1.82, 2.24) is 15.8 Å². The smallest absolute Gasteiger partial charge is 0.220 e. The minimum Gasteiger partial charge on any atom is -0.497 e. The van der Waals surface area contributed by atoms with Crippen LogP contribution in [0.25, 0.3) is 0 Å². The molecule has 0 spiro atoms. The van der Waals surface area contributed by atoms with Crippen molar-refractivity contribution in [3.8, 4) is 5.75 Å². The molecule has 1 aliphatic rings. The molecule has 7 heteroatoms. The number of carbonyl (C=O) groups is 2. The number of hydrogen-bond acceptors (Lipinski definition) is 6. The number of Topliss-reactive ketones (excluding diaryl/α,β-unsaturated/α-hetero) is 1. The molecule has 2 heterocycles. The summed E-state index contributed by atoms with van der Waals surface area (Å²) in [5, 5.41) is 10.4. The Balaban J connectivity index is 1.52. The number of methoxy groups -OCH3 is 1. The van der Waals surface area contributed by atoms with Gasteiger partial charge in [-0.05, 0) is 55.5 Å². The Morgan fingerprint density at radius 3 is 2.75 bits per heavy atom. The van der Waals surface area contributed by atoms with Crippen LogP contribution in [0, 0.1) is 11.8 Å². The van der Waals surface area contributed by atoms with Gasteiger partial charge in [0, 0.05) is 26.0 Å². The predicted octanol–water partition coefficient (Wildman–Crippen LogP) is 2.36. The van der Waals surface area contributed by atoms with Crippen LogP contribution >= 0.6 is 0 Å². The molecule has 2 atom stereocenters. The van der Waals surface area contributed by atoms with Gasteiger partial charge in [0.2, 0.25) is 11.7 Å². The summed E-state index contributed by atoms with van der Waals surface area (Å²) in [7, 11) is 1.63. The molecule has 1 amide bonds. The maximum Gasteiger partial charge on any atom is 0.220 e. The fraction of sp³-hybridized carbons (Fsp3) is 0.476. The lowest BCUT2D eigenvalue weighted by molar-refractivity contribution is -0.122. The first-order chi connectivity index (χ1) is 13.5. The van der Waals surface area contributed by atoms with Gasteiger partial charge in [0.1, 0.15) is 5.75 Å². The third-order valence-corrected chi connectivity index (χ3v) is 5.24. The van der Waals surface area contributed by atoms with E-state index in [4.69, 9.17) is 9.26 Å². The van der Waals surface area contributed by atoms with E-state index in [9.17, 15) is 9.59 Å². The van der Waals surface area contributed by atoms with Gasteiger partial charge >= 0.3 is 0 Å². The maximum absolute atomic E-state index is 12.5. The first kappa shape index (κ1) is 20.1. The third-order valence-electron chi connectivity index (χ3n) is 5.24. The van der Waals surface area contributed by atoms with Gasteiger partial charge in [-0.3, -0.25) is 9.59 Å². The van der Waals surface area contributed by atoms with Crippen molar-refractivity contribution >= 4 is 11.7 Å². The van der Waals surface area contributed by atoms with Crippen LogP contribution in [0.2, 0.25) is 0 Å². The van der Waals surface area contributed by atoms with Gasteiger partial charge in [0.25, 0.3) is 0 Å². The minimum atomic E-state index is -0.130. The topological polar surface area (TPSA) is 93.5 Å². The number of piperidine rings is 1. The largest absolute Gasteiger partial charge is 0.497 e. The molecule has 1 aromatic carbocycles. The number of hydrogen-bond donors (Lipinski definition) is 2. The highest BCUT2D eigenvalue weighted by Gasteiger charge is 2.28. The molecule has 0 aliphatic carbocycles. The molecule has 2 N–H and O–H groups in total. The monoisotopic (exact) mass is 385 g/mol. The molecule has 0 saturated carbocycles. The first-order valence-corrected chi connectivity index (χ1v) is 9.62. The first-order valence-electron chi connectivity index (χ1n) is 9.62. The maximum atomic E-state index is 12.5. The number of ketones is 1. The van der Waals surface area contributed by atoms with Crippen molar-refractivity contribution in [3.63, 3.8) is 0 Å². The summed E-state index contributed by atoms with van der Waals surface area (Å²) in [5.41, 5.74) is 1.80. The number of ether oxygens (including phenoxy) is 1. The molecular weight excluding hydrogens is 358 g/mol. The molecule has 2 aromatic rings. The number of benzene rings is 1. The second-order valence-corrected chi connectivity index (χ2v) is 7.28. The number of nitrogens with zero attached hydrogens (tertiary/aromatic N) is 1. The zero-order chi connectivity index (χ0) is 19.9. The standard InChI is InChI=1S/C21H27N3O4/c1-14(25)20-11-18(24-28-20)9-17-13-22-8-7-16(17)10-21(26)23-12-15-3-5-19(27-2)6-4-15/h3-6,11,16-17,22H,7-10,12-13H2,1-2H3,(H,23,26)/t16-,17-/m0/s1. The lowest BCUT2D eigenvalue weighted by Crippen LogP contribution is -2.40. The summed E-state index contributed by atoms with van der Waals surface area (Å²) >= 11 is 0. The second-order valence-electron chi connectivity index (χ2n) is 7.28. The lowest BCUT2D eigenvalue weighted by Gasteiger charge is -2.31. The van der Waals surface area contributed by atoms with E-state index in [-0.39, 0.29) is 29.3 Å². The number of carbonyl (C=O) groups excluding carboxylic acids is 2. The summed E-state index contributed by atoms with van der Waals surface area (Å²) in [5.74, 6) is 1.56. The molecule has 1 saturated heterocycles. The van der Waals surface area contributed by atoms with Crippen LogP contribution in [0.3, 0.4) is 0 Å². The van der Waals surface area contributed by atoms with E-state index in [0.717, 1.165) is 36.5 Å². The summed E-state index contributed by atoms with van der Waals surface area (Å²) in [6.07, 6.45) is 2.12. The van der Waals surface area contributed by atoms with E-state index in [1.54, 1.807) is 13.2 Å². The van der Waals surface area contributed by atoms with Crippen LogP contribution in [0.5, 0.6) is 5.75 Å². The van der Waals surface area contributed by atoms with E-state index >= 15 is 0 Å². The fourth-order valence-corrected chi connectivity index (χ4v) is 3.58. The van der Waals surface area contributed by atoms with Crippen molar-refractivity contribution in [3.05, 3.63) is 47.3 Å². The van der Waals surface area contributed by atoms with Crippen molar-refractivity contribution in [2.75, 3.05) is 20.2 Å². The Morgan fingerprint density at radius 1 is 1.29 bits per heavy atom. The molecule has 0 unspecified atom stereocenters. The van der Waals surface area contributed by atoms with Gasteiger partial charge in [-0.25, -0.2) is 0 Å². The number of rotatable bonds is 8. The van der Waals surface area contributed by atoms with Crippen LogP contribution in [-0.4, -0.2) is 37.0 Å². The lowest BCUT2D eigenvalue weighted by atomic mass is 9.81. The second kappa shape index (κ2) is 9.50. The van der Waals surface area contributed by atoms with Crippen molar-refractivity contribution in [2.45, 2.75) is 32.7 Å². The van der Waals surface area contributed by atoms with Crippen molar-refractivity contribution in [1.29, 1.82) is 0 Å². The zero-order valence-corrected chi connectivity index (χ0v) is 16.4. The van der Waals surface area contributed by atoms with E-state index in [0.29, 0.717) is 19.4 Å². The highest BCUT2D eigenvalue weighted by Crippen LogP contribution is 2.26. The average Bonchev–Trinajstić information content (AvgIpc) is 3.17. The van der Waals surface area contributed by atoms with Gasteiger partial charge in [0.05, 0.1) is 12.8 Å². The van der Waals surface area contributed by atoms with E-state index in [1.807, 2.05) is 24.3 Å². The van der Waals surface area contributed by atoms with Crippen LogP contribution in [0.1, 0.15) is 41.6 Å². The number of aromatic nitrogens is 1. The Kier molecular flexibility index (Phi) is 6.81. The number of amides is 1. The molecule has 7 nitrogen and oxygen atoms in total. The Morgan fingerprint density at radius 2 is 2.07 bits per heavy atom. The molecule has 28 heavy (non-hydrogen) atoms. The van der Waals surface area contributed by atoms with Crippen molar-refractivity contribution < 1.29 is 18.8 Å². The fourth-order valence-electron chi connectivity index (χ4n) is 3.58. The van der Waals surface area contributed by atoms with Crippen LogP contribution in [0.4, 0.5) is 0 Å². The summed E-state index contributed by atoms with van der Waals surface area (Å²) < 4.78 is 10.2. The summed E-state index contributed by atoms with van der Waals surface area (Å²) in [6.45, 7) is 3.70. The Labute approximate surface area is 164 Å². The van der Waals surface area contributed by atoms with Gasteiger partial charge < -0.3 is 19.9 Å². The SMILES string of the molecule is COc1ccc(CNC(=O)C[C@@H]2CCNC[C@@H]2Cc2cc(C(C)=O)on2)cc1. The molecule has 0 radical (unpaired) electrons. The van der Waals surface area contributed by atoms with E-state index in [1.165, 1.54) is 6.92 Å². The predicted molar refractivity (Wildman–Crippen MR) is 104 cm³/mol. The van der Waals surface area contributed by atoms with E-state index in [2.05, 4.69) is 15.8 Å². The molecule has 1 fully saturated rings. The average molecular weight is 385 g/mol. The summed E-state index contributed by atoms with van der Waals surface area (Å²) in [4.78, 5) is 23.8. The minimum absolute atomic E-state index is 0.0531. The molecule has 150 valence electrons. The van der Waals surface area contributed by atoms with Gasteiger partial charge in [0.15, 0.2) is 5.78 Å². The molecule has 1 aromatic heterocycles. The molecular formula is C21H27N3O4. The summed E-state index contributed by atoms with van der Waals surface area (Å²) in [6, 6.07) is 9.38. The van der Waals surface area contributed by atoms with Crippen LogP contribution < -0.4 is 15.4 Å².